The van der Waals surface area contributed by atoms with Gasteiger partial charge in [-0.1, -0.05) is 52.2 Å². The van der Waals surface area contributed by atoms with Crippen LogP contribution in [0.5, 0.6) is 5.75 Å². The van der Waals surface area contributed by atoms with E-state index in [1.807, 2.05) is 19.1 Å². The number of benzene rings is 2. The predicted octanol–water partition coefficient (Wildman–Crippen LogP) is 6.16. The number of fused-ring (bicyclic) bond motifs is 1. The molecule has 0 spiro atoms. The number of carbonyl (C=O) groups excluding carboxylic acids is 1. The van der Waals surface area contributed by atoms with Crippen molar-refractivity contribution in [3.05, 3.63) is 51.0 Å². The third-order valence-electron chi connectivity index (χ3n) is 4.87. The van der Waals surface area contributed by atoms with E-state index < -0.39 is 0 Å². The first kappa shape index (κ1) is 21.7. The Morgan fingerprint density at radius 3 is 2.80 bits per heavy atom. The Balaban J connectivity index is 1.60. The van der Waals surface area contributed by atoms with Crippen LogP contribution in [0, 0.1) is 6.92 Å². The van der Waals surface area contributed by atoms with Crippen molar-refractivity contribution in [3.63, 3.8) is 0 Å². The molecular weight excluding hydrogens is 467 g/mol. The highest BCUT2D eigenvalue weighted by atomic mass is 35.5. The summed E-state index contributed by atoms with van der Waals surface area (Å²) in [6.07, 6.45) is 1.85. The molecule has 1 aliphatic rings. The van der Waals surface area contributed by atoms with Gasteiger partial charge in [-0.25, -0.2) is 4.98 Å². The summed E-state index contributed by atoms with van der Waals surface area (Å²) in [5, 5.41) is 2.05. The van der Waals surface area contributed by atoms with Crippen molar-refractivity contribution in [2.75, 3.05) is 24.7 Å². The predicted molar refractivity (Wildman–Crippen MR) is 123 cm³/mol. The molecule has 0 aliphatic carbocycles. The molecule has 2 aromatic carbocycles. The first-order chi connectivity index (χ1) is 14.4. The number of hydrogen-bond donors (Lipinski definition) is 0. The topological polar surface area (TPSA) is 51.7 Å². The van der Waals surface area contributed by atoms with Crippen molar-refractivity contribution in [2.24, 2.45) is 0 Å². The third-order valence-corrected chi connectivity index (χ3v) is 6.94. The van der Waals surface area contributed by atoms with Crippen molar-refractivity contribution in [1.82, 2.24) is 4.98 Å². The molecule has 0 saturated carbocycles. The molecule has 30 heavy (non-hydrogen) atoms. The minimum Gasteiger partial charge on any atom is -0.482 e. The Labute approximate surface area is 193 Å². The molecule has 1 fully saturated rings. The van der Waals surface area contributed by atoms with Crippen molar-refractivity contribution < 1.29 is 14.3 Å². The van der Waals surface area contributed by atoms with E-state index in [1.54, 1.807) is 23.1 Å². The average molecular weight is 486 g/mol. The Kier molecular flexibility index (Phi) is 6.70. The fraction of sp³-hybridized carbons (Fsp3) is 0.333. The van der Waals surface area contributed by atoms with Gasteiger partial charge in [-0.05, 0) is 49.6 Å². The largest absolute Gasteiger partial charge is 0.482 e. The number of rotatable bonds is 6. The van der Waals surface area contributed by atoms with Crippen LogP contribution < -0.4 is 9.64 Å². The number of ether oxygens (including phenoxy) is 2. The molecule has 1 unspecified atom stereocenters. The molecule has 1 amide bonds. The van der Waals surface area contributed by atoms with Crippen molar-refractivity contribution in [3.8, 4) is 5.75 Å². The van der Waals surface area contributed by atoms with E-state index in [0.29, 0.717) is 39.1 Å². The lowest BCUT2D eigenvalue weighted by Crippen LogP contribution is -2.40. The highest BCUT2D eigenvalue weighted by molar-refractivity contribution is 7.23. The Morgan fingerprint density at radius 2 is 2.10 bits per heavy atom. The normalized spacial score (nSPS) is 16.2. The first-order valence-electron chi connectivity index (χ1n) is 9.48. The van der Waals surface area contributed by atoms with Crippen LogP contribution in [-0.4, -0.2) is 36.8 Å². The lowest BCUT2D eigenvalue weighted by atomic mass is 10.2. The van der Waals surface area contributed by atoms with Gasteiger partial charge in [-0.3, -0.25) is 9.69 Å². The molecule has 0 bridgehead atoms. The summed E-state index contributed by atoms with van der Waals surface area (Å²) in [6, 6.07) is 8.65. The monoisotopic (exact) mass is 484 g/mol. The minimum atomic E-state index is -0.232. The summed E-state index contributed by atoms with van der Waals surface area (Å²) in [4.78, 5) is 19.5. The van der Waals surface area contributed by atoms with Crippen molar-refractivity contribution >= 4 is 67.4 Å². The highest BCUT2D eigenvalue weighted by Crippen LogP contribution is 2.36. The molecule has 4 rings (SSSR count). The van der Waals surface area contributed by atoms with E-state index in [1.165, 1.54) is 11.3 Å². The van der Waals surface area contributed by atoms with Crippen LogP contribution in [0.4, 0.5) is 5.13 Å². The maximum atomic E-state index is 13.1. The molecular formula is C21H19Cl3N2O3S. The van der Waals surface area contributed by atoms with E-state index in [4.69, 9.17) is 49.3 Å². The van der Waals surface area contributed by atoms with Gasteiger partial charge in [0.2, 0.25) is 0 Å². The lowest BCUT2D eigenvalue weighted by molar-refractivity contribution is -0.120. The number of nitrogens with zero attached hydrogens (tertiary/aromatic N) is 2. The van der Waals surface area contributed by atoms with Crippen LogP contribution in [0.15, 0.2) is 30.3 Å². The maximum Gasteiger partial charge on any atom is 0.266 e. The van der Waals surface area contributed by atoms with Gasteiger partial charge in [-0.2, -0.15) is 0 Å². The van der Waals surface area contributed by atoms with Gasteiger partial charge in [0, 0.05) is 11.6 Å². The molecule has 1 atom stereocenters. The zero-order valence-electron chi connectivity index (χ0n) is 16.2. The van der Waals surface area contributed by atoms with Crippen LogP contribution in [0.1, 0.15) is 18.4 Å². The molecule has 1 saturated heterocycles. The minimum absolute atomic E-state index is 0.0309. The Morgan fingerprint density at radius 1 is 1.27 bits per heavy atom. The maximum absolute atomic E-state index is 13.1. The highest BCUT2D eigenvalue weighted by Gasteiger charge is 2.27. The van der Waals surface area contributed by atoms with Gasteiger partial charge in [0.1, 0.15) is 5.75 Å². The standard InChI is InChI=1S/C21H19Cl3N2O3S/c1-12-4-6-15(23)20-19(12)25-21(30-20)26(10-14-3-2-8-28-14)18(27)11-29-17-7-5-13(22)9-16(17)24/h4-7,9,14H,2-3,8,10-11H2,1H3. The van der Waals surface area contributed by atoms with Crippen LogP contribution in [0.3, 0.4) is 0 Å². The van der Waals surface area contributed by atoms with Crippen LogP contribution in [0.2, 0.25) is 15.1 Å². The van der Waals surface area contributed by atoms with Gasteiger partial charge in [-0.15, -0.1) is 0 Å². The number of hydrogen-bond acceptors (Lipinski definition) is 5. The molecule has 1 aliphatic heterocycles. The van der Waals surface area contributed by atoms with E-state index in [2.05, 4.69) is 0 Å². The van der Waals surface area contributed by atoms with Crippen LogP contribution in [0.25, 0.3) is 10.2 Å². The van der Waals surface area contributed by atoms with Crippen LogP contribution >= 0.6 is 46.1 Å². The molecule has 5 nitrogen and oxygen atoms in total. The zero-order valence-corrected chi connectivity index (χ0v) is 19.2. The summed E-state index contributed by atoms with van der Waals surface area (Å²) >= 11 is 19.8. The van der Waals surface area contributed by atoms with Gasteiger partial charge in [0.05, 0.1) is 32.9 Å². The second kappa shape index (κ2) is 9.28. The molecule has 158 valence electrons. The molecule has 2 heterocycles. The van der Waals surface area contributed by atoms with Gasteiger partial charge in [0.15, 0.2) is 11.7 Å². The quantitative estimate of drug-likeness (QED) is 0.420. The molecule has 1 aromatic heterocycles. The molecule has 0 radical (unpaired) electrons. The number of anilines is 1. The Bertz CT molecular complexity index is 1040. The molecule has 0 N–H and O–H groups in total. The summed E-state index contributed by atoms with van der Waals surface area (Å²) < 4.78 is 12.3. The van der Waals surface area contributed by atoms with E-state index in [0.717, 1.165) is 28.6 Å². The van der Waals surface area contributed by atoms with E-state index >= 15 is 0 Å². The van der Waals surface area contributed by atoms with Crippen molar-refractivity contribution in [1.29, 1.82) is 0 Å². The number of aryl methyl sites for hydroxylation is 1. The fourth-order valence-corrected chi connectivity index (χ4v) is 5.10. The van der Waals surface area contributed by atoms with Crippen LogP contribution in [-0.2, 0) is 9.53 Å². The fourth-order valence-electron chi connectivity index (χ4n) is 3.29. The number of amides is 1. The molecule has 9 heteroatoms. The summed E-state index contributed by atoms with van der Waals surface area (Å²) in [7, 11) is 0. The Hall–Kier alpha value is -1.57. The van der Waals surface area contributed by atoms with Gasteiger partial charge >= 0.3 is 0 Å². The number of halogens is 3. The lowest BCUT2D eigenvalue weighted by Gasteiger charge is -2.23. The number of aromatic nitrogens is 1. The van der Waals surface area contributed by atoms with E-state index in [9.17, 15) is 4.79 Å². The summed E-state index contributed by atoms with van der Waals surface area (Å²) in [6.45, 7) is 2.90. The van der Waals surface area contributed by atoms with E-state index in [-0.39, 0.29) is 18.6 Å². The summed E-state index contributed by atoms with van der Waals surface area (Å²) in [5.74, 6) is 0.166. The first-order valence-corrected chi connectivity index (χ1v) is 11.4. The van der Waals surface area contributed by atoms with Gasteiger partial charge < -0.3 is 9.47 Å². The SMILES string of the molecule is Cc1ccc(Cl)c2sc(N(CC3CCCO3)C(=O)COc3ccc(Cl)cc3Cl)nc12. The summed E-state index contributed by atoms with van der Waals surface area (Å²) in [5.41, 5.74) is 1.81. The zero-order chi connectivity index (χ0) is 21.3. The average Bonchev–Trinajstić information content (AvgIpc) is 3.38. The van der Waals surface area contributed by atoms with Gasteiger partial charge in [0.25, 0.3) is 5.91 Å². The molecule has 3 aromatic rings. The smallest absolute Gasteiger partial charge is 0.266 e. The second-order valence-electron chi connectivity index (χ2n) is 7.04. The number of thiazole rings is 1. The third kappa shape index (κ3) is 4.68. The van der Waals surface area contributed by atoms with Crippen molar-refractivity contribution in [2.45, 2.75) is 25.9 Å². The number of carbonyl (C=O) groups is 1. The second-order valence-corrected chi connectivity index (χ2v) is 9.27.